The highest BCUT2D eigenvalue weighted by Crippen LogP contribution is 2.35. The molecule has 1 aromatic carbocycles. The minimum atomic E-state index is -0.743. The fourth-order valence-corrected chi connectivity index (χ4v) is 5.96. The van der Waals surface area contributed by atoms with E-state index in [1.54, 1.807) is 35.6 Å². The van der Waals surface area contributed by atoms with Gasteiger partial charge in [0.25, 0.3) is 0 Å². The smallest absolute Gasteiger partial charge is 0.350 e. The molecule has 4 aromatic rings. The Labute approximate surface area is 247 Å². The lowest BCUT2D eigenvalue weighted by Crippen LogP contribution is -2.54. The number of carbonyl (C=O) groups excluding carboxylic acids is 1. The second kappa shape index (κ2) is 11.6. The summed E-state index contributed by atoms with van der Waals surface area (Å²) in [5, 5.41) is 0.297. The fraction of sp³-hybridized carbons (Fsp3) is 0.323. The number of halogens is 2. The Morgan fingerprint density at radius 1 is 1.19 bits per heavy atom. The number of carbonyl (C=O) groups is 1. The predicted molar refractivity (Wildman–Crippen MR) is 162 cm³/mol. The van der Waals surface area contributed by atoms with Gasteiger partial charge in [0.15, 0.2) is 5.65 Å². The van der Waals surface area contributed by atoms with Crippen LogP contribution in [0.1, 0.15) is 37.9 Å². The van der Waals surface area contributed by atoms with Crippen LogP contribution in [0.3, 0.4) is 0 Å². The average molecular weight is 591 g/mol. The zero-order chi connectivity index (χ0) is 30.3. The van der Waals surface area contributed by atoms with Gasteiger partial charge < -0.3 is 9.80 Å². The van der Waals surface area contributed by atoms with Crippen LogP contribution in [0.2, 0.25) is 0 Å². The molecule has 3 aromatic heterocycles. The molecule has 1 amide bonds. The SMILES string of the molecule is C=CC(=O)N1CCN(c2nc(=O)n(-c3c(C)ccnc3C(C)C)c3nc(-c4cccc(SC)c4F)c(F)cc23)[C@@H](C)C1. The van der Waals surface area contributed by atoms with Gasteiger partial charge in [-0.2, -0.15) is 4.98 Å². The number of nitrogens with zero attached hydrogens (tertiary/aromatic N) is 6. The lowest BCUT2D eigenvalue weighted by molar-refractivity contribution is -0.126. The van der Waals surface area contributed by atoms with Crippen molar-refractivity contribution in [3.8, 4) is 16.9 Å². The molecule has 42 heavy (non-hydrogen) atoms. The summed E-state index contributed by atoms with van der Waals surface area (Å²) < 4.78 is 32.8. The zero-order valence-electron chi connectivity index (χ0n) is 24.2. The molecule has 1 atom stereocenters. The van der Waals surface area contributed by atoms with E-state index in [0.717, 1.165) is 5.56 Å². The molecular formula is C31H32F2N6O2S. The summed E-state index contributed by atoms with van der Waals surface area (Å²) in [6.45, 7) is 12.4. The van der Waals surface area contributed by atoms with E-state index in [9.17, 15) is 9.59 Å². The van der Waals surface area contributed by atoms with Gasteiger partial charge in [-0.15, -0.1) is 11.8 Å². The monoisotopic (exact) mass is 590 g/mol. The number of rotatable bonds is 6. The molecule has 218 valence electrons. The zero-order valence-corrected chi connectivity index (χ0v) is 25.0. The van der Waals surface area contributed by atoms with Crippen LogP contribution in [0.25, 0.3) is 28.0 Å². The third-order valence-electron chi connectivity index (χ3n) is 7.55. The van der Waals surface area contributed by atoms with E-state index in [0.29, 0.717) is 41.3 Å². The number of thioether (sulfide) groups is 1. The maximum Gasteiger partial charge on any atom is 0.355 e. The van der Waals surface area contributed by atoms with Crippen LogP contribution in [-0.2, 0) is 4.79 Å². The minimum Gasteiger partial charge on any atom is -0.350 e. The Morgan fingerprint density at radius 2 is 1.95 bits per heavy atom. The van der Waals surface area contributed by atoms with Crippen LogP contribution in [0.15, 0.2) is 58.9 Å². The molecule has 0 N–H and O–H groups in total. The highest BCUT2D eigenvalue weighted by Gasteiger charge is 2.31. The number of fused-ring (bicyclic) bond motifs is 1. The molecule has 0 bridgehead atoms. The fourth-order valence-electron chi connectivity index (χ4n) is 5.45. The lowest BCUT2D eigenvalue weighted by Gasteiger charge is -2.40. The molecular weight excluding hydrogens is 558 g/mol. The summed E-state index contributed by atoms with van der Waals surface area (Å²) in [7, 11) is 0. The summed E-state index contributed by atoms with van der Waals surface area (Å²) in [6, 6.07) is 7.57. The van der Waals surface area contributed by atoms with Crippen molar-refractivity contribution in [2.75, 3.05) is 30.8 Å². The average Bonchev–Trinajstić information content (AvgIpc) is 2.97. The van der Waals surface area contributed by atoms with Gasteiger partial charge in [0.1, 0.15) is 23.1 Å². The number of hydrogen-bond donors (Lipinski definition) is 0. The first-order chi connectivity index (χ1) is 20.1. The van der Waals surface area contributed by atoms with Crippen molar-refractivity contribution in [2.24, 2.45) is 0 Å². The van der Waals surface area contributed by atoms with E-state index in [4.69, 9.17) is 0 Å². The summed E-state index contributed by atoms with van der Waals surface area (Å²) in [6.07, 6.45) is 4.69. The number of benzene rings is 1. The van der Waals surface area contributed by atoms with Crippen molar-refractivity contribution in [1.82, 2.24) is 24.4 Å². The molecule has 5 rings (SSSR count). The minimum absolute atomic E-state index is 0.00415. The van der Waals surface area contributed by atoms with E-state index < -0.39 is 17.3 Å². The molecule has 0 spiro atoms. The van der Waals surface area contributed by atoms with Gasteiger partial charge in [-0.25, -0.2) is 23.1 Å². The van der Waals surface area contributed by atoms with Gasteiger partial charge in [-0.05, 0) is 61.9 Å². The Kier molecular flexibility index (Phi) is 8.14. The lowest BCUT2D eigenvalue weighted by atomic mass is 10.0. The molecule has 0 saturated carbocycles. The van der Waals surface area contributed by atoms with Gasteiger partial charge >= 0.3 is 5.69 Å². The first-order valence-corrected chi connectivity index (χ1v) is 14.9. The number of pyridine rings is 2. The summed E-state index contributed by atoms with van der Waals surface area (Å²) in [5.74, 6) is -1.31. The van der Waals surface area contributed by atoms with Crippen molar-refractivity contribution in [3.05, 3.63) is 82.6 Å². The topological polar surface area (TPSA) is 84.2 Å². The van der Waals surface area contributed by atoms with Crippen LogP contribution in [0.4, 0.5) is 14.6 Å². The Morgan fingerprint density at radius 3 is 2.62 bits per heavy atom. The second-order valence-electron chi connectivity index (χ2n) is 10.6. The third-order valence-corrected chi connectivity index (χ3v) is 8.31. The number of amides is 1. The normalized spacial score (nSPS) is 15.5. The van der Waals surface area contributed by atoms with Crippen LogP contribution in [-0.4, -0.2) is 62.3 Å². The third kappa shape index (κ3) is 5.06. The second-order valence-corrected chi connectivity index (χ2v) is 11.5. The predicted octanol–water partition coefficient (Wildman–Crippen LogP) is 5.50. The number of aromatic nitrogens is 4. The maximum absolute atomic E-state index is 16.0. The van der Waals surface area contributed by atoms with E-state index in [1.807, 2.05) is 32.6 Å². The van der Waals surface area contributed by atoms with Crippen molar-refractivity contribution in [3.63, 3.8) is 0 Å². The van der Waals surface area contributed by atoms with Gasteiger partial charge in [0.2, 0.25) is 5.91 Å². The van der Waals surface area contributed by atoms with E-state index in [1.165, 1.54) is 34.5 Å². The number of hydrogen-bond acceptors (Lipinski definition) is 7. The summed E-state index contributed by atoms with van der Waals surface area (Å²) >= 11 is 1.21. The molecule has 1 saturated heterocycles. The summed E-state index contributed by atoms with van der Waals surface area (Å²) in [5.41, 5.74) is 1.25. The van der Waals surface area contributed by atoms with Crippen molar-refractivity contribution in [2.45, 2.75) is 44.6 Å². The van der Waals surface area contributed by atoms with Gasteiger partial charge in [0, 0.05) is 42.3 Å². The standard InChI is InChI=1S/C31H32F2N6O2S/c1-7-24(40)37-13-14-38(19(5)16-37)29-21-15-22(32)27(20-9-8-10-23(42-6)25(20)33)35-30(21)39(31(41)36-29)28-18(4)11-12-34-26(28)17(2)3/h7-12,15,17,19H,1,13-14,16H2,2-6H3/t19-/m0/s1. The Balaban J connectivity index is 1.82. The van der Waals surface area contributed by atoms with E-state index in [2.05, 4.69) is 21.5 Å². The van der Waals surface area contributed by atoms with Crippen LogP contribution in [0, 0.1) is 18.6 Å². The molecule has 0 aliphatic carbocycles. The van der Waals surface area contributed by atoms with Crippen molar-refractivity contribution >= 4 is 34.5 Å². The highest BCUT2D eigenvalue weighted by atomic mass is 32.2. The first kappa shape index (κ1) is 29.4. The number of anilines is 1. The number of piperazine rings is 1. The van der Waals surface area contributed by atoms with Crippen molar-refractivity contribution in [1.29, 1.82) is 0 Å². The Bertz CT molecular complexity index is 1770. The Hall–Kier alpha value is -4.12. The van der Waals surface area contributed by atoms with Gasteiger partial charge in [-0.1, -0.05) is 26.5 Å². The van der Waals surface area contributed by atoms with E-state index in [-0.39, 0.29) is 40.6 Å². The molecule has 11 heteroatoms. The largest absolute Gasteiger partial charge is 0.355 e. The first-order valence-electron chi connectivity index (χ1n) is 13.7. The number of aryl methyl sites for hydroxylation is 1. The molecule has 0 radical (unpaired) electrons. The highest BCUT2D eigenvalue weighted by molar-refractivity contribution is 7.98. The molecule has 1 fully saturated rings. The molecule has 4 heterocycles. The maximum atomic E-state index is 16.0. The molecule has 0 unspecified atom stereocenters. The summed E-state index contributed by atoms with van der Waals surface area (Å²) in [4.78, 5) is 43.8. The van der Waals surface area contributed by atoms with Crippen molar-refractivity contribution < 1.29 is 13.6 Å². The van der Waals surface area contributed by atoms with Gasteiger partial charge in [0.05, 0.1) is 16.8 Å². The molecule has 1 aliphatic heterocycles. The van der Waals surface area contributed by atoms with Gasteiger partial charge in [-0.3, -0.25) is 9.78 Å². The van der Waals surface area contributed by atoms with Crippen LogP contribution >= 0.6 is 11.8 Å². The van der Waals surface area contributed by atoms with Crippen LogP contribution in [0.5, 0.6) is 0 Å². The molecule has 8 nitrogen and oxygen atoms in total. The van der Waals surface area contributed by atoms with E-state index >= 15 is 8.78 Å². The van der Waals surface area contributed by atoms with Crippen LogP contribution < -0.4 is 10.6 Å². The quantitative estimate of drug-likeness (QED) is 0.217. The molecule has 1 aliphatic rings.